The lowest BCUT2D eigenvalue weighted by Crippen LogP contribution is -2.23. The van der Waals surface area contributed by atoms with E-state index in [1.54, 1.807) is 47.1 Å². The number of hydrogen-bond acceptors (Lipinski definition) is 7. The van der Waals surface area contributed by atoms with E-state index >= 15 is 0 Å². The van der Waals surface area contributed by atoms with Gasteiger partial charge in [-0.05, 0) is 24.3 Å². The predicted octanol–water partition coefficient (Wildman–Crippen LogP) is 3.85. The number of benzene rings is 2. The lowest BCUT2D eigenvalue weighted by Gasteiger charge is -2.18. The summed E-state index contributed by atoms with van der Waals surface area (Å²) < 4.78 is 6.99. The molecule has 0 spiro atoms. The molecule has 5 rings (SSSR count). The number of pyridine rings is 1. The first-order chi connectivity index (χ1) is 16.4. The van der Waals surface area contributed by atoms with Gasteiger partial charge in [0.25, 0.3) is 5.69 Å². The van der Waals surface area contributed by atoms with Gasteiger partial charge in [-0.1, -0.05) is 30.3 Å². The Labute approximate surface area is 191 Å². The highest BCUT2D eigenvalue weighted by Gasteiger charge is 2.39. The van der Waals surface area contributed by atoms with Gasteiger partial charge in [0, 0.05) is 34.6 Å². The maximum absolute atomic E-state index is 13.1. The molecule has 9 heteroatoms. The summed E-state index contributed by atoms with van der Waals surface area (Å²) in [5.74, 6) is -2.29. The molecule has 0 unspecified atom stereocenters. The van der Waals surface area contributed by atoms with Gasteiger partial charge in [-0.2, -0.15) is 5.26 Å². The summed E-state index contributed by atoms with van der Waals surface area (Å²) in [4.78, 5) is 49.9. The van der Waals surface area contributed by atoms with E-state index in [0.29, 0.717) is 16.6 Å². The molecule has 2 aromatic carbocycles. The molecule has 0 atom stereocenters. The fourth-order valence-corrected chi connectivity index (χ4v) is 4.16. The third kappa shape index (κ3) is 3.05. The number of carbonyl (C=O) groups excluding carboxylic acids is 3. The van der Waals surface area contributed by atoms with Gasteiger partial charge in [0.1, 0.15) is 23.8 Å². The summed E-state index contributed by atoms with van der Waals surface area (Å²) in [6.07, 6.45) is 3.36. The summed E-state index contributed by atoms with van der Waals surface area (Å²) >= 11 is 0. The Morgan fingerprint density at radius 3 is 2.41 bits per heavy atom. The SMILES string of the molecule is N#Cc1c(COC(=O)c2ccc3c(c2[N+](=O)[O-])C(=O)c2ccccc2C3=O)cn2ccccc12. The van der Waals surface area contributed by atoms with Crippen molar-refractivity contribution in [2.45, 2.75) is 6.61 Å². The molecule has 1 aliphatic carbocycles. The highest BCUT2D eigenvalue weighted by molar-refractivity contribution is 6.30. The number of nitriles is 1. The van der Waals surface area contributed by atoms with E-state index in [9.17, 15) is 29.8 Å². The predicted molar refractivity (Wildman–Crippen MR) is 118 cm³/mol. The fourth-order valence-electron chi connectivity index (χ4n) is 4.16. The van der Waals surface area contributed by atoms with Gasteiger partial charge in [-0.25, -0.2) is 4.79 Å². The quantitative estimate of drug-likeness (QED) is 0.230. The first-order valence-corrected chi connectivity index (χ1v) is 10.1. The van der Waals surface area contributed by atoms with Crippen molar-refractivity contribution in [3.63, 3.8) is 0 Å². The molecule has 9 nitrogen and oxygen atoms in total. The molecule has 0 aliphatic heterocycles. The normalized spacial score (nSPS) is 12.1. The molecule has 2 heterocycles. The van der Waals surface area contributed by atoms with Crippen LogP contribution in [-0.2, 0) is 11.3 Å². The molecule has 4 aromatic rings. The summed E-state index contributed by atoms with van der Waals surface area (Å²) in [5, 5.41) is 21.5. The van der Waals surface area contributed by atoms with E-state index in [4.69, 9.17) is 4.74 Å². The highest BCUT2D eigenvalue weighted by Crippen LogP contribution is 2.36. The Kier molecular flexibility index (Phi) is 4.76. The minimum atomic E-state index is -1.05. The topological polar surface area (TPSA) is 132 Å². The molecular formula is C25H13N3O6. The van der Waals surface area contributed by atoms with Crippen molar-refractivity contribution in [2.75, 3.05) is 0 Å². The number of carbonyl (C=O) groups is 3. The van der Waals surface area contributed by atoms with E-state index in [0.717, 1.165) is 6.07 Å². The van der Waals surface area contributed by atoms with Crippen LogP contribution in [0.2, 0.25) is 0 Å². The Hall–Kier alpha value is -5.10. The van der Waals surface area contributed by atoms with E-state index < -0.39 is 39.3 Å². The number of nitrogens with zero attached hydrogens (tertiary/aromatic N) is 3. The van der Waals surface area contributed by atoms with Crippen molar-refractivity contribution in [1.82, 2.24) is 4.40 Å². The molecule has 34 heavy (non-hydrogen) atoms. The first kappa shape index (κ1) is 20.8. The number of ketones is 2. The highest BCUT2D eigenvalue weighted by atomic mass is 16.6. The van der Waals surface area contributed by atoms with Crippen LogP contribution in [0.3, 0.4) is 0 Å². The smallest absolute Gasteiger partial charge is 0.345 e. The maximum Gasteiger partial charge on any atom is 0.345 e. The van der Waals surface area contributed by atoms with Crippen LogP contribution in [-0.4, -0.2) is 26.9 Å². The molecule has 0 amide bonds. The molecule has 0 bridgehead atoms. The number of nitro groups is 1. The zero-order chi connectivity index (χ0) is 24.0. The Bertz CT molecular complexity index is 1610. The average molecular weight is 451 g/mol. The Morgan fingerprint density at radius 1 is 1.00 bits per heavy atom. The average Bonchev–Trinajstić information content (AvgIpc) is 3.22. The number of nitro benzene ring substituents is 1. The molecule has 2 aromatic heterocycles. The van der Waals surface area contributed by atoms with Crippen molar-refractivity contribution in [1.29, 1.82) is 5.26 Å². The molecule has 0 saturated carbocycles. The van der Waals surface area contributed by atoms with Crippen LogP contribution in [0.4, 0.5) is 5.69 Å². The molecule has 1 aliphatic rings. The minimum absolute atomic E-state index is 0.0350. The Morgan fingerprint density at radius 2 is 1.71 bits per heavy atom. The van der Waals surface area contributed by atoms with Gasteiger partial charge >= 0.3 is 5.97 Å². The molecule has 0 N–H and O–H groups in total. The second-order valence-electron chi connectivity index (χ2n) is 7.56. The first-order valence-electron chi connectivity index (χ1n) is 10.1. The number of esters is 1. The van der Waals surface area contributed by atoms with Crippen molar-refractivity contribution >= 4 is 28.7 Å². The van der Waals surface area contributed by atoms with E-state index in [1.807, 2.05) is 0 Å². The minimum Gasteiger partial charge on any atom is -0.457 e. The number of hydrogen-bond donors (Lipinski definition) is 0. The number of fused-ring (bicyclic) bond motifs is 3. The van der Waals surface area contributed by atoms with Crippen LogP contribution in [0.5, 0.6) is 0 Å². The van der Waals surface area contributed by atoms with E-state index in [-0.39, 0.29) is 23.3 Å². The van der Waals surface area contributed by atoms with Gasteiger partial charge < -0.3 is 9.14 Å². The van der Waals surface area contributed by atoms with Crippen LogP contribution < -0.4 is 0 Å². The van der Waals surface area contributed by atoms with Crippen LogP contribution in [0.15, 0.2) is 67.0 Å². The maximum atomic E-state index is 13.1. The van der Waals surface area contributed by atoms with Crippen molar-refractivity contribution < 1.29 is 24.0 Å². The van der Waals surface area contributed by atoms with Gasteiger partial charge in [-0.15, -0.1) is 0 Å². The van der Waals surface area contributed by atoms with Crippen molar-refractivity contribution in [3.8, 4) is 6.07 Å². The summed E-state index contributed by atoms with van der Waals surface area (Å²) in [6.45, 7) is -0.312. The second-order valence-corrected chi connectivity index (χ2v) is 7.56. The standard InChI is InChI=1S/C25H13N3O6/c26-11-19-14(12-27-10-4-3-7-20(19)27)13-34-25(31)18-9-8-17-21(22(18)28(32)33)24(30)16-6-2-1-5-15(16)23(17)29/h1-10,12H,13H2. The Balaban J connectivity index is 1.53. The number of ether oxygens (including phenoxy) is 1. The lowest BCUT2D eigenvalue weighted by atomic mass is 9.82. The monoisotopic (exact) mass is 451 g/mol. The summed E-state index contributed by atoms with van der Waals surface area (Å²) in [6, 6.07) is 15.7. The van der Waals surface area contributed by atoms with Crippen LogP contribution in [0.1, 0.15) is 53.3 Å². The summed E-state index contributed by atoms with van der Waals surface area (Å²) in [7, 11) is 0. The molecule has 0 fully saturated rings. The lowest BCUT2D eigenvalue weighted by molar-refractivity contribution is -0.385. The third-order valence-corrected chi connectivity index (χ3v) is 5.70. The molecular weight excluding hydrogens is 438 g/mol. The molecule has 164 valence electrons. The van der Waals surface area contributed by atoms with Crippen LogP contribution in [0, 0.1) is 21.4 Å². The second kappa shape index (κ2) is 7.79. The number of rotatable bonds is 4. The third-order valence-electron chi connectivity index (χ3n) is 5.70. The zero-order valence-corrected chi connectivity index (χ0v) is 17.3. The van der Waals surface area contributed by atoms with Crippen molar-refractivity contribution in [2.24, 2.45) is 0 Å². The number of aromatic nitrogens is 1. The van der Waals surface area contributed by atoms with Gasteiger partial charge in [-0.3, -0.25) is 19.7 Å². The van der Waals surface area contributed by atoms with Gasteiger partial charge in [0.15, 0.2) is 5.78 Å². The van der Waals surface area contributed by atoms with E-state index in [1.165, 1.54) is 18.2 Å². The largest absolute Gasteiger partial charge is 0.457 e. The van der Waals surface area contributed by atoms with E-state index in [2.05, 4.69) is 6.07 Å². The van der Waals surface area contributed by atoms with Crippen LogP contribution in [0.25, 0.3) is 5.52 Å². The van der Waals surface area contributed by atoms with Crippen LogP contribution >= 0.6 is 0 Å². The van der Waals surface area contributed by atoms with Crippen molar-refractivity contribution in [3.05, 3.63) is 116 Å². The zero-order valence-electron chi connectivity index (χ0n) is 17.3. The molecule has 0 radical (unpaired) electrons. The van der Waals surface area contributed by atoms with Gasteiger partial charge in [0.05, 0.1) is 16.0 Å². The van der Waals surface area contributed by atoms with Gasteiger partial charge in [0.2, 0.25) is 5.78 Å². The fraction of sp³-hybridized carbons (Fsp3) is 0.0400. The molecule has 0 saturated heterocycles. The summed E-state index contributed by atoms with van der Waals surface area (Å²) in [5.41, 5.74) is -0.272.